The van der Waals surface area contributed by atoms with Crippen LogP contribution >= 0.6 is 11.3 Å². The first-order valence-corrected chi connectivity index (χ1v) is 13.0. The fourth-order valence-corrected chi connectivity index (χ4v) is 6.90. The van der Waals surface area contributed by atoms with Gasteiger partial charge in [-0.2, -0.15) is 10.2 Å². The van der Waals surface area contributed by atoms with E-state index in [1.807, 2.05) is 10.2 Å². The Kier molecular flexibility index (Phi) is 6.15. The molecule has 40 heavy (non-hydrogen) atoms. The van der Waals surface area contributed by atoms with Crippen LogP contribution < -0.4 is 15.6 Å². The second-order valence-corrected chi connectivity index (χ2v) is 10.8. The smallest absolute Gasteiger partial charge is 0.409 e. The second-order valence-electron chi connectivity index (χ2n) is 9.83. The Labute approximate surface area is 226 Å². The Morgan fingerprint density at radius 3 is 2.90 bits per heavy atom. The molecular formula is C26H19F4N5O4S. The molecule has 2 aliphatic rings. The molecule has 1 amide bonds. The number of anilines is 1. The number of ether oxygens (including phenoxy) is 1. The van der Waals surface area contributed by atoms with Gasteiger partial charge in [-0.05, 0) is 37.1 Å². The van der Waals surface area contributed by atoms with Crippen molar-refractivity contribution >= 4 is 43.4 Å². The summed E-state index contributed by atoms with van der Waals surface area (Å²) in [6.07, 6.45) is -0.710. The van der Waals surface area contributed by atoms with Gasteiger partial charge in [-0.1, -0.05) is 6.07 Å². The molecule has 6 rings (SSSR count). The number of thiophene rings is 1. The van der Waals surface area contributed by atoms with Crippen LogP contribution in [-0.4, -0.2) is 57.5 Å². The van der Waals surface area contributed by atoms with Crippen molar-refractivity contribution in [1.82, 2.24) is 14.9 Å². The van der Waals surface area contributed by atoms with Crippen molar-refractivity contribution in [2.45, 2.75) is 31.0 Å². The van der Waals surface area contributed by atoms with E-state index in [0.29, 0.717) is 24.3 Å². The molecule has 3 N–H and O–H groups in total. The first kappa shape index (κ1) is 26.0. The van der Waals surface area contributed by atoms with Crippen molar-refractivity contribution in [2.75, 3.05) is 25.0 Å². The molecular weight excluding hydrogens is 554 g/mol. The SMILES string of the molecule is N#Cc1c(NC(=O)O)sc2c(F)ccc(-c3c(F)cc4c(=O)[nH]c(OC[C@@]56CCCN5C[C@H](F)C6)nc4c3F)c12. The molecule has 2 aromatic carbocycles. The highest BCUT2D eigenvalue weighted by Gasteiger charge is 2.49. The molecule has 0 aliphatic carbocycles. The van der Waals surface area contributed by atoms with Gasteiger partial charge in [0, 0.05) is 18.4 Å². The molecule has 0 unspecified atom stereocenters. The lowest BCUT2D eigenvalue weighted by Gasteiger charge is -2.30. The van der Waals surface area contributed by atoms with Gasteiger partial charge in [0.15, 0.2) is 5.82 Å². The minimum atomic E-state index is -1.51. The highest BCUT2D eigenvalue weighted by molar-refractivity contribution is 7.23. The molecule has 4 aromatic rings. The number of hydrogen-bond acceptors (Lipinski definition) is 7. The standard InChI is InChI=1S/C26H19F4N5O4S/c27-11-7-26(4-1-5-35(26)9-11)10-39-24-32-20-13(22(36)33-24)6-16(29)18(19(20)30)12-2-3-15(28)21-17(12)14(8-31)23(40-21)34-25(37)38/h2-3,6,11,34H,1,4-5,7,9-10H2,(H,37,38)(H,32,33,36)/t11-,26+/m1/s1. The number of nitriles is 1. The summed E-state index contributed by atoms with van der Waals surface area (Å²) in [6, 6.07) is 4.22. The first-order valence-electron chi connectivity index (χ1n) is 12.2. The Bertz CT molecular complexity index is 1820. The van der Waals surface area contributed by atoms with E-state index in [2.05, 4.69) is 9.97 Å². The molecule has 0 bridgehead atoms. The average Bonchev–Trinajstić information content (AvgIpc) is 3.54. The van der Waals surface area contributed by atoms with Gasteiger partial charge < -0.3 is 9.84 Å². The van der Waals surface area contributed by atoms with E-state index >= 15 is 8.78 Å². The normalized spacial score (nSPS) is 20.6. The molecule has 0 spiro atoms. The molecule has 14 heteroatoms. The summed E-state index contributed by atoms with van der Waals surface area (Å²) in [5, 5.41) is 20.0. The van der Waals surface area contributed by atoms with Crippen molar-refractivity contribution in [3.63, 3.8) is 0 Å². The number of aromatic nitrogens is 2. The van der Waals surface area contributed by atoms with Gasteiger partial charge in [0.25, 0.3) is 11.6 Å². The van der Waals surface area contributed by atoms with E-state index in [9.17, 15) is 23.6 Å². The molecule has 4 heterocycles. The molecule has 2 aliphatic heterocycles. The number of halogens is 4. The van der Waals surface area contributed by atoms with Gasteiger partial charge in [-0.15, -0.1) is 11.3 Å². The lowest BCUT2D eigenvalue weighted by Crippen LogP contribution is -2.43. The summed E-state index contributed by atoms with van der Waals surface area (Å²) in [5.74, 6) is -3.26. The fraction of sp³-hybridized carbons (Fsp3) is 0.308. The van der Waals surface area contributed by atoms with Crippen LogP contribution in [0.1, 0.15) is 24.8 Å². The molecule has 2 aromatic heterocycles. The van der Waals surface area contributed by atoms with E-state index in [1.165, 1.54) is 0 Å². The first-order chi connectivity index (χ1) is 19.1. The molecule has 0 saturated carbocycles. The fourth-order valence-electron chi connectivity index (χ4n) is 5.82. The minimum Gasteiger partial charge on any atom is -0.465 e. The third-order valence-electron chi connectivity index (χ3n) is 7.50. The van der Waals surface area contributed by atoms with Gasteiger partial charge in [0.1, 0.15) is 41.0 Å². The lowest BCUT2D eigenvalue weighted by molar-refractivity contribution is 0.107. The number of rotatable bonds is 5. The van der Waals surface area contributed by atoms with Crippen molar-refractivity contribution in [3.05, 3.63) is 51.6 Å². The molecule has 2 fully saturated rings. The number of aromatic amines is 1. The van der Waals surface area contributed by atoms with Gasteiger partial charge >= 0.3 is 6.09 Å². The Morgan fingerprint density at radius 1 is 1.35 bits per heavy atom. The van der Waals surface area contributed by atoms with Gasteiger partial charge in [0.05, 0.1) is 26.8 Å². The number of fused-ring (bicyclic) bond motifs is 3. The molecule has 2 saturated heterocycles. The van der Waals surface area contributed by atoms with Crippen LogP contribution in [0, 0.1) is 28.8 Å². The number of carboxylic acid groups (broad SMARTS) is 1. The van der Waals surface area contributed by atoms with Crippen LogP contribution in [0.2, 0.25) is 0 Å². The maximum atomic E-state index is 16.0. The van der Waals surface area contributed by atoms with E-state index in [4.69, 9.17) is 9.84 Å². The van der Waals surface area contributed by atoms with Crippen LogP contribution in [-0.2, 0) is 0 Å². The van der Waals surface area contributed by atoms with E-state index in [1.54, 1.807) is 6.07 Å². The van der Waals surface area contributed by atoms with E-state index < -0.39 is 57.3 Å². The third-order valence-corrected chi connectivity index (χ3v) is 8.62. The van der Waals surface area contributed by atoms with Crippen LogP contribution in [0.5, 0.6) is 6.01 Å². The zero-order valence-electron chi connectivity index (χ0n) is 20.5. The zero-order chi connectivity index (χ0) is 28.3. The van der Waals surface area contributed by atoms with Crippen molar-refractivity contribution in [3.8, 4) is 23.2 Å². The predicted octanol–water partition coefficient (Wildman–Crippen LogP) is 5.14. The molecule has 0 radical (unpaired) electrons. The molecule has 9 nitrogen and oxygen atoms in total. The van der Waals surface area contributed by atoms with E-state index in [-0.39, 0.29) is 51.8 Å². The Hall–Kier alpha value is -4.22. The van der Waals surface area contributed by atoms with Crippen molar-refractivity contribution < 1.29 is 32.2 Å². The number of amides is 1. The topological polar surface area (TPSA) is 131 Å². The average molecular weight is 574 g/mol. The summed E-state index contributed by atoms with van der Waals surface area (Å²) in [7, 11) is 0. The summed E-state index contributed by atoms with van der Waals surface area (Å²) in [6.45, 7) is 1.01. The van der Waals surface area contributed by atoms with Crippen LogP contribution in [0.4, 0.5) is 27.4 Å². The highest BCUT2D eigenvalue weighted by atomic mass is 32.1. The number of H-pyrrole nitrogens is 1. The van der Waals surface area contributed by atoms with Gasteiger partial charge in [0.2, 0.25) is 0 Å². The Morgan fingerprint density at radius 2 is 2.15 bits per heavy atom. The Balaban J connectivity index is 1.48. The van der Waals surface area contributed by atoms with Crippen LogP contribution in [0.25, 0.3) is 32.1 Å². The van der Waals surface area contributed by atoms with Crippen LogP contribution in [0.15, 0.2) is 23.0 Å². The quantitative estimate of drug-likeness (QED) is 0.282. The van der Waals surface area contributed by atoms with Crippen molar-refractivity contribution in [2.24, 2.45) is 0 Å². The number of alkyl halides is 1. The maximum Gasteiger partial charge on any atom is 0.409 e. The number of nitrogens with one attached hydrogen (secondary N) is 2. The lowest BCUT2D eigenvalue weighted by atomic mass is 9.95. The molecule has 2 atom stereocenters. The summed E-state index contributed by atoms with van der Waals surface area (Å²) in [4.78, 5) is 32.4. The summed E-state index contributed by atoms with van der Waals surface area (Å²) in [5.41, 5.74) is -3.19. The summed E-state index contributed by atoms with van der Waals surface area (Å²) >= 11 is 0.603. The van der Waals surface area contributed by atoms with Crippen LogP contribution in [0.3, 0.4) is 0 Å². The van der Waals surface area contributed by atoms with Crippen molar-refractivity contribution in [1.29, 1.82) is 5.26 Å². The molecule has 206 valence electrons. The summed E-state index contributed by atoms with van der Waals surface area (Å²) < 4.78 is 65.7. The third kappa shape index (κ3) is 4.04. The number of hydrogen-bond donors (Lipinski definition) is 3. The zero-order valence-corrected chi connectivity index (χ0v) is 21.3. The highest BCUT2D eigenvalue weighted by Crippen LogP contribution is 2.44. The largest absolute Gasteiger partial charge is 0.465 e. The predicted molar refractivity (Wildman–Crippen MR) is 138 cm³/mol. The van der Waals surface area contributed by atoms with Gasteiger partial charge in [-0.3, -0.25) is 20.0 Å². The monoisotopic (exact) mass is 573 g/mol. The van der Waals surface area contributed by atoms with Gasteiger partial charge in [-0.25, -0.2) is 22.4 Å². The van der Waals surface area contributed by atoms with E-state index in [0.717, 1.165) is 24.6 Å². The number of nitrogens with zero attached hydrogens (tertiary/aromatic N) is 3. The minimum absolute atomic E-state index is 0.00983. The number of carbonyl (C=O) groups is 1. The second kappa shape index (κ2) is 9.46. The number of benzene rings is 2. The maximum absolute atomic E-state index is 16.0.